The van der Waals surface area contributed by atoms with Gasteiger partial charge in [-0.2, -0.15) is 5.26 Å². The molecule has 0 atom stereocenters. The van der Waals surface area contributed by atoms with Crippen LogP contribution >= 0.6 is 0 Å². The molecule has 0 fully saturated rings. The quantitative estimate of drug-likeness (QED) is 0.457. The zero-order chi connectivity index (χ0) is 12.0. The number of rotatable bonds is 4. The number of unbranched alkanes of at least 4 members (excludes halogenated alkanes) is 1. The van der Waals surface area contributed by atoms with E-state index in [1.54, 1.807) is 0 Å². The van der Waals surface area contributed by atoms with Crippen LogP contribution in [-0.4, -0.2) is 22.8 Å². The van der Waals surface area contributed by atoms with Gasteiger partial charge in [0.25, 0.3) is 0 Å². The van der Waals surface area contributed by atoms with Crippen molar-refractivity contribution in [3.05, 3.63) is 23.8 Å². The molecule has 0 aromatic heterocycles. The monoisotopic (exact) mass is 221 g/mol. The maximum absolute atomic E-state index is 11.4. The van der Waals surface area contributed by atoms with Crippen LogP contribution in [0.3, 0.4) is 0 Å². The van der Waals surface area contributed by atoms with Crippen LogP contribution < -0.4 is 0 Å². The lowest BCUT2D eigenvalue weighted by Crippen LogP contribution is -2.06. The fraction of sp³-hybridized carbons (Fsp3) is 0.273. The lowest BCUT2D eigenvalue weighted by atomic mass is 10.2. The number of phenols is 2. The van der Waals surface area contributed by atoms with Gasteiger partial charge in [0.15, 0.2) is 0 Å². The smallest absolute Gasteiger partial charge is 0.342 e. The standard InChI is InChI=1S/C11H11NO4/c12-5-1-2-6-16-11(15)9-7-8(13)3-4-10(9)14/h3-4,7,13-14H,1-2,6H2. The molecule has 0 spiro atoms. The van der Waals surface area contributed by atoms with Gasteiger partial charge < -0.3 is 14.9 Å². The number of phenolic OH excluding ortho intramolecular Hbond substituents is 2. The van der Waals surface area contributed by atoms with Gasteiger partial charge >= 0.3 is 5.97 Å². The molecule has 0 aliphatic rings. The minimum atomic E-state index is -0.716. The number of carbonyl (C=O) groups is 1. The molecule has 1 aromatic rings. The summed E-state index contributed by atoms with van der Waals surface area (Å²) in [6.07, 6.45) is 0.751. The first-order valence-electron chi connectivity index (χ1n) is 4.71. The van der Waals surface area contributed by atoms with Crippen LogP contribution in [0.1, 0.15) is 23.2 Å². The van der Waals surface area contributed by atoms with E-state index in [9.17, 15) is 9.90 Å². The third kappa shape index (κ3) is 3.17. The number of esters is 1. The van der Waals surface area contributed by atoms with E-state index in [-0.39, 0.29) is 23.7 Å². The van der Waals surface area contributed by atoms with Gasteiger partial charge in [0.1, 0.15) is 17.1 Å². The van der Waals surface area contributed by atoms with Crippen molar-refractivity contribution in [2.75, 3.05) is 6.61 Å². The van der Waals surface area contributed by atoms with Gasteiger partial charge in [0.05, 0.1) is 12.7 Å². The Morgan fingerprint density at radius 3 is 2.88 bits per heavy atom. The second-order valence-corrected chi connectivity index (χ2v) is 3.10. The van der Waals surface area contributed by atoms with Crippen LogP contribution in [-0.2, 0) is 4.74 Å². The van der Waals surface area contributed by atoms with Gasteiger partial charge in [-0.1, -0.05) is 0 Å². The molecule has 0 aliphatic heterocycles. The Hall–Kier alpha value is -2.22. The zero-order valence-electron chi connectivity index (χ0n) is 8.51. The Balaban J connectivity index is 2.59. The second-order valence-electron chi connectivity index (χ2n) is 3.10. The summed E-state index contributed by atoms with van der Waals surface area (Å²) in [5.74, 6) is -1.09. The Kier molecular flexibility index (Phi) is 4.16. The largest absolute Gasteiger partial charge is 0.508 e. The first kappa shape index (κ1) is 11.9. The van der Waals surface area contributed by atoms with E-state index in [0.29, 0.717) is 12.8 Å². The molecule has 16 heavy (non-hydrogen) atoms. The summed E-state index contributed by atoms with van der Waals surface area (Å²) in [5.41, 5.74) is -0.0862. The molecule has 0 heterocycles. The average molecular weight is 221 g/mol. The van der Waals surface area contributed by atoms with E-state index in [0.717, 1.165) is 6.07 Å². The Labute approximate surface area is 92.5 Å². The van der Waals surface area contributed by atoms with Gasteiger partial charge in [0.2, 0.25) is 0 Å². The van der Waals surface area contributed by atoms with Crippen molar-refractivity contribution < 1.29 is 19.7 Å². The molecule has 0 saturated carbocycles. The molecular weight excluding hydrogens is 210 g/mol. The van der Waals surface area contributed by atoms with Gasteiger partial charge in [0, 0.05) is 6.42 Å². The third-order valence-corrected chi connectivity index (χ3v) is 1.87. The number of aromatic hydroxyl groups is 2. The number of hydrogen-bond acceptors (Lipinski definition) is 5. The van der Waals surface area contributed by atoms with Crippen LogP contribution in [0.5, 0.6) is 11.5 Å². The van der Waals surface area contributed by atoms with E-state index < -0.39 is 5.97 Å². The molecule has 5 heteroatoms. The van der Waals surface area contributed by atoms with E-state index in [1.165, 1.54) is 12.1 Å². The van der Waals surface area contributed by atoms with Crippen molar-refractivity contribution >= 4 is 5.97 Å². The lowest BCUT2D eigenvalue weighted by molar-refractivity contribution is 0.0498. The minimum absolute atomic E-state index is 0.0862. The number of benzene rings is 1. The number of hydrogen-bond donors (Lipinski definition) is 2. The van der Waals surface area contributed by atoms with Crippen LogP contribution in [0.25, 0.3) is 0 Å². The molecule has 0 saturated heterocycles. The summed E-state index contributed by atoms with van der Waals surface area (Å²) in [5, 5.41) is 26.7. The zero-order valence-corrected chi connectivity index (χ0v) is 8.51. The molecule has 2 N–H and O–H groups in total. The molecule has 5 nitrogen and oxygen atoms in total. The molecule has 84 valence electrons. The molecule has 0 radical (unpaired) electrons. The normalized spacial score (nSPS) is 9.44. The summed E-state index contributed by atoms with van der Waals surface area (Å²) in [4.78, 5) is 11.4. The molecule has 0 amide bonds. The number of nitrogens with zero attached hydrogens (tertiary/aromatic N) is 1. The highest BCUT2D eigenvalue weighted by atomic mass is 16.5. The summed E-state index contributed by atoms with van der Waals surface area (Å²) in [7, 11) is 0. The fourth-order valence-electron chi connectivity index (χ4n) is 1.08. The first-order chi connectivity index (χ1) is 7.65. The predicted octanol–water partition coefficient (Wildman–Crippen LogP) is 1.56. The van der Waals surface area contributed by atoms with Crippen molar-refractivity contribution in [3.63, 3.8) is 0 Å². The lowest BCUT2D eigenvalue weighted by Gasteiger charge is -2.05. The van der Waals surface area contributed by atoms with E-state index in [1.807, 2.05) is 6.07 Å². The summed E-state index contributed by atoms with van der Waals surface area (Å²) in [6, 6.07) is 5.52. The Bertz CT molecular complexity index is 422. The van der Waals surface area contributed by atoms with Crippen LogP contribution in [0.4, 0.5) is 0 Å². The summed E-state index contributed by atoms with van der Waals surface area (Å²) >= 11 is 0. The van der Waals surface area contributed by atoms with Crippen LogP contribution in [0, 0.1) is 11.3 Å². The maximum Gasteiger partial charge on any atom is 0.342 e. The van der Waals surface area contributed by atoms with E-state index in [2.05, 4.69) is 0 Å². The average Bonchev–Trinajstić information content (AvgIpc) is 2.27. The molecule has 0 bridgehead atoms. The third-order valence-electron chi connectivity index (χ3n) is 1.87. The Morgan fingerprint density at radius 2 is 2.19 bits per heavy atom. The molecule has 1 rings (SSSR count). The highest BCUT2D eigenvalue weighted by Gasteiger charge is 2.12. The maximum atomic E-state index is 11.4. The van der Waals surface area contributed by atoms with Gasteiger partial charge in [-0.3, -0.25) is 0 Å². The van der Waals surface area contributed by atoms with Crippen molar-refractivity contribution in [2.45, 2.75) is 12.8 Å². The highest BCUT2D eigenvalue weighted by molar-refractivity contribution is 5.92. The highest BCUT2D eigenvalue weighted by Crippen LogP contribution is 2.22. The van der Waals surface area contributed by atoms with Crippen molar-refractivity contribution in [1.82, 2.24) is 0 Å². The fourth-order valence-corrected chi connectivity index (χ4v) is 1.08. The predicted molar refractivity (Wildman–Crippen MR) is 54.9 cm³/mol. The first-order valence-corrected chi connectivity index (χ1v) is 4.71. The molecule has 0 unspecified atom stereocenters. The Morgan fingerprint density at radius 1 is 1.44 bits per heavy atom. The van der Waals surface area contributed by atoms with Gasteiger partial charge in [-0.05, 0) is 24.6 Å². The van der Waals surface area contributed by atoms with Gasteiger partial charge in [-0.15, -0.1) is 0 Å². The van der Waals surface area contributed by atoms with Crippen molar-refractivity contribution in [2.24, 2.45) is 0 Å². The van der Waals surface area contributed by atoms with E-state index >= 15 is 0 Å². The SMILES string of the molecule is N#CCCCOC(=O)c1cc(O)ccc1O. The second kappa shape index (κ2) is 5.61. The van der Waals surface area contributed by atoms with Crippen molar-refractivity contribution in [1.29, 1.82) is 5.26 Å². The van der Waals surface area contributed by atoms with Crippen LogP contribution in [0.2, 0.25) is 0 Å². The molecule has 0 aliphatic carbocycles. The number of ether oxygens (including phenoxy) is 1. The number of nitriles is 1. The van der Waals surface area contributed by atoms with Crippen molar-refractivity contribution in [3.8, 4) is 17.6 Å². The minimum Gasteiger partial charge on any atom is -0.508 e. The topological polar surface area (TPSA) is 90.5 Å². The van der Waals surface area contributed by atoms with Crippen LogP contribution in [0.15, 0.2) is 18.2 Å². The summed E-state index contributed by atoms with van der Waals surface area (Å²) < 4.78 is 4.80. The molecule has 1 aromatic carbocycles. The van der Waals surface area contributed by atoms with E-state index in [4.69, 9.17) is 15.1 Å². The number of carbonyl (C=O) groups excluding carboxylic acids is 1. The molecular formula is C11H11NO4. The van der Waals surface area contributed by atoms with Gasteiger partial charge in [-0.25, -0.2) is 4.79 Å². The summed E-state index contributed by atoms with van der Waals surface area (Å²) in [6.45, 7) is 0.113.